The van der Waals surface area contributed by atoms with Gasteiger partial charge in [-0.05, 0) is 61.6 Å². The highest BCUT2D eigenvalue weighted by molar-refractivity contribution is 5.37. The molecule has 1 nitrogen and oxygen atoms in total. The molecule has 2 aromatic rings. The molecule has 0 saturated carbocycles. The van der Waals surface area contributed by atoms with Crippen molar-refractivity contribution in [3.8, 4) is 0 Å². The molecule has 0 spiro atoms. The van der Waals surface area contributed by atoms with Crippen molar-refractivity contribution < 1.29 is 9.50 Å². The summed E-state index contributed by atoms with van der Waals surface area (Å²) in [5.74, 6) is -0.274. The monoisotopic (exact) mass is 272 g/mol. The van der Waals surface area contributed by atoms with Crippen LogP contribution in [-0.4, -0.2) is 5.11 Å². The van der Waals surface area contributed by atoms with Crippen LogP contribution in [0.1, 0.15) is 34.7 Å². The Bertz CT molecular complexity index is 609. The molecule has 106 valence electrons. The van der Waals surface area contributed by atoms with Crippen LogP contribution in [-0.2, 0) is 12.0 Å². The first-order valence-electron chi connectivity index (χ1n) is 6.85. The van der Waals surface area contributed by atoms with Crippen LogP contribution >= 0.6 is 0 Å². The number of aliphatic hydroxyl groups is 1. The van der Waals surface area contributed by atoms with Gasteiger partial charge >= 0.3 is 0 Å². The van der Waals surface area contributed by atoms with Gasteiger partial charge < -0.3 is 5.11 Å². The predicted molar refractivity (Wildman–Crippen MR) is 80.3 cm³/mol. The first-order chi connectivity index (χ1) is 9.31. The highest BCUT2D eigenvalue weighted by Gasteiger charge is 2.25. The van der Waals surface area contributed by atoms with Gasteiger partial charge in [0.1, 0.15) is 5.82 Å². The van der Waals surface area contributed by atoms with Crippen LogP contribution in [0, 0.1) is 26.6 Å². The van der Waals surface area contributed by atoms with Crippen LogP contribution in [0.5, 0.6) is 0 Å². The molecule has 1 N–H and O–H groups in total. The number of benzene rings is 2. The number of rotatable bonds is 3. The van der Waals surface area contributed by atoms with E-state index in [1.165, 1.54) is 6.07 Å². The number of hydrogen-bond donors (Lipinski definition) is 1. The second-order valence-electron chi connectivity index (χ2n) is 5.78. The van der Waals surface area contributed by atoms with E-state index < -0.39 is 5.60 Å². The van der Waals surface area contributed by atoms with Gasteiger partial charge in [0, 0.05) is 6.42 Å². The first-order valence-corrected chi connectivity index (χ1v) is 6.85. The molecule has 0 saturated heterocycles. The summed E-state index contributed by atoms with van der Waals surface area (Å²) >= 11 is 0. The van der Waals surface area contributed by atoms with Crippen LogP contribution < -0.4 is 0 Å². The fourth-order valence-corrected chi connectivity index (χ4v) is 2.50. The van der Waals surface area contributed by atoms with Gasteiger partial charge in [-0.2, -0.15) is 0 Å². The van der Waals surface area contributed by atoms with E-state index in [1.807, 2.05) is 32.0 Å². The predicted octanol–water partition coefficient (Wildman–Crippen LogP) is 4.20. The van der Waals surface area contributed by atoms with Crippen molar-refractivity contribution in [3.63, 3.8) is 0 Å². The maximum Gasteiger partial charge on any atom is 0.126 e. The minimum Gasteiger partial charge on any atom is -0.385 e. The molecule has 0 aliphatic carbocycles. The third-order valence-corrected chi connectivity index (χ3v) is 3.96. The molecule has 2 rings (SSSR count). The van der Waals surface area contributed by atoms with Gasteiger partial charge in [-0.1, -0.05) is 30.3 Å². The molecule has 1 unspecified atom stereocenters. The molecule has 0 bridgehead atoms. The fourth-order valence-electron chi connectivity index (χ4n) is 2.50. The third kappa shape index (κ3) is 2.91. The lowest BCUT2D eigenvalue weighted by Crippen LogP contribution is -2.25. The van der Waals surface area contributed by atoms with Crippen LogP contribution in [0.25, 0.3) is 0 Å². The Kier molecular flexibility index (Phi) is 3.96. The second kappa shape index (κ2) is 5.37. The zero-order chi connectivity index (χ0) is 14.9. The standard InChI is InChI=1S/C18H21FO/c1-12-6-5-7-13(2)16(12)11-18(4,20)15-9-8-14(3)17(19)10-15/h5-10,20H,11H2,1-4H3. The SMILES string of the molecule is Cc1ccc(C(C)(O)Cc2c(C)cccc2C)cc1F. The zero-order valence-corrected chi connectivity index (χ0v) is 12.5. The molecule has 20 heavy (non-hydrogen) atoms. The maximum absolute atomic E-state index is 13.7. The lowest BCUT2D eigenvalue weighted by Gasteiger charge is -2.26. The number of hydrogen-bond acceptors (Lipinski definition) is 1. The van der Waals surface area contributed by atoms with Crippen LogP contribution in [0.3, 0.4) is 0 Å². The van der Waals surface area contributed by atoms with Crippen molar-refractivity contribution in [2.24, 2.45) is 0 Å². The minimum absolute atomic E-state index is 0.274. The molecule has 0 fully saturated rings. The van der Waals surface area contributed by atoms with Gasteiger partial charge in [0.15, 0.2) is 0 Å². The second-order valence-corrected chi connectivity index (χ2v) is 5.78. The molecule has 2 heteroatoms. The lowest BCUT2D eigenvalue weighted by atomic mass is 9.85. The average molecular weight is 272 g/mol. The Labute approximate surface area is 120 Å². The third-order valence-electron chi connectivity index (χ3n) is 3.96. The summed E-state index contributed by atoms with van der Waals surface area (Å²) in [4.78, 5) is 0. The van der Waals surface area contributed by atoms with E-state index in [2.05, 4.69) is 0 Å². The largest absolute Gasteiger partial charge is 0.385 e. The summed E-state index contributed by atoms with van der Waals surface area (Å²) in [6.07, 6.45) is 0.480. The number of aryl methyl sites for hydroxylation is 3. The van der Waals surface area contributed by atoms with Crippen molar-refractivity contribution >= 4 is 0 Å². The summed E-state index contributed by atoms with van der Waals surface area (Å²) in [6, 6.07) is 11.0. The van der Waals surface area contributed by atoms with Crippen LogP contribution in [0.4, 0.5) is 4.39 Å². The molecule has 0 heterocycles. The zero-order valence-electron chi connectivity index (χ0n) is 12.5. The first kappa shape index (κ1) is 14.7. The van der Waals surface area contributed by atoms with E-state index >= 15 is 0 Å². The van der Waals surface area contributed by atoms with Gasteiger partial charge in [0.2, 0.25) is 0 Å². The highest BCUT2D eigenvalue weighted by atomic mass is 19.1. The molecule has 0 amide bonds. The molecule has 2 aromatic carbocycles. The Morgan fingerprint density at radius 3 is 2.15 bits per heavy atom. The van der Waals surface area contributed by atoms with Gasteiger partial charge in [0.05, 0.1) is 5.60 Å². The lowest BCUT2D eigenvalue weighted by molar-refractivity contribution is 0.0569. The van der Waals surface area contributed by atoms with E-state index in [0.717, 1.165) is 16.7 Å². The van der Waals surface area contributed by atoms with Crippen LogP contribution in [0.2, 0.25) is 0 Å². The molecular weight excluding hydrogens is 251 g/mol. The quantitative estimate of drug-likeness (QED) is 0.887. The van der Waals surface area contributed by atoms with E-state index in [9.17, 15) is 9.50 Å². The fraction of sp³-hybridized carbons (Fsp3) is 0.333. The molecule has 0 aliphatic heterocycles. The van der Waals surface area contributed by atoms with Gasteiger partial charge in [-0.15, -0.1) is 0 Å². The normalized spacial score (nSPS) is 14.1. The molecular formula is C18H21FO. The summed E-state index contributed by atoms with van der Waals surface area (Å²) in [5, 5.41) is 10.7. The maximum atomic E-state index is 13.7. The minimum atomic E-state index is -1.08. The highest BCUT2D eigenvalue weighted by Crippen LogP contribution is 2.29. The summed E-state index contributed by atoms with van der Waals surface area (Å²) in [6.45, 7) is 7.53. The van der Waals surface area contributed by atoms with E-state index in [1.54, 1.807) is 26.0 Å². The van der Waals surface area contributed by atoms with Crippen molar-refractivity contribution in [3.05, 3.63) is 70.0 Å². The van der Waals surface area contributed by atoms with Crippen molar-refractivity contribution in [1.82, 2.24) is 0 Å². The Hall–Kier alpha value is -1.67. The average Bonchev–Trinajstić information content (AvgIpc) is 2.37. The molecule has 0 aliphatic rings. The van der Waals surface area contributed by atoms with Crippen LogP contribution in [0.15, 0.2) is 36.4 Å². The van der Waals surface area contributed by atoms with Gasteiger partial charge in [0.25, 0.3) is 0 Å². The Morgan fingerprint density at radius 1 is 1.00 bits per heavy atom. The van der Waals surface area contributed by atoms with Crippen molar-refractivity contribution in [2.45, 2.75) is 39.7 Å². The Morgan fingerprint density at radius 2 is 1.60 bits per heavy atom. The van der Waals surface area contributed by atoms with E-state index in [0.29, 0.717) is 17.5 Å². The van der Waals surface area contributed by atoms with Gasteiger partial charge in [-0.25, -0.2) is 4.39 Å². The summed E-state index contributed by atoms with van der Waals surface area (Å²) in [5.41, 5.74) is 3.56. The molecule has 0 aromatic heterocycles. The smallest absolute Gasteiger partial charge is 0.126 e. The number of halogens is 1. The summed E-state index contributed by atoms with van der Waals surface area (Å²) < 4.78 is 13.7. The molecule has 1 atom stereocenters. The van der Waals surface area contributed by atoms with Gasteiger partial charge in [-0.3, -0.25) is 0 Å². The molecule has 0 radical (unpaired) electrons. The van der Waals surface area contributed by atoms with E-state index in [-0.39, 0.29) is 5.82 Å². The van der Waals surface area contributed by atoms with E-state index in [4.69, 9.17) is 0 Å². The summed E-state index contributed by atoms with van der Waals surface area (Å²) in [7, 11) is 0. The topological polar surface area (TPSA) is 20.2 Å². The van der Waals surface area contributed by atoms with Crippen molar-refractivity contribution in [1.29, 1.82) is 0 Å². The van der Waals surface area contributed by atoms with Crippen molar-refractivity contribution in [2.75, 3.05) is 0 Å². The Balaban J connectivity index is 2.37.